The van der Waals surface area contributed by atoms with Crippen molar-refractivity contribution in [1.29, 1.82) is 0 Å². The lowest BCUT2D eigenvalue weighted by Crippen LogP contribution is -2.42. The van der Waals surface area contributed by atoms with E-state index in [1.165, 1.54) is 0 Å². The summed E-state index contributed by atoms with van der Waals surface area (Å²) in [6.45, 7) is -1.76. The van der Waals surface area contributed by atoms with Gasteiger partial charge >= 0.3 is 18.2 Å². The molecule has 0 saturated carbocycles. The summed E-state index contributed by atoms with van der Waals surface area (Å²) in [4.78, 5) is 22.1. The maximum absolute atomic E-state index is 11.9. The number of benzene rings is 1. The molecule has 5 nitrogen and oxygen atoms in total. The van der Waals surface area contributed by atoms with Gasteiger partial charge in [0.05, 0.1) is 0 Å². The van der Waals surface area contributed by atoms with Crippen molar-refractivity contribution in [3.05, 3.63) is 35.9 Å². The summed E-state index contributed by atoms with van der Waals surface area (Å²) in [7, 11) is 0. The van der Waals surface area contributed by atoms with Gasteiger partial charge in [0, 0.05) is 0 Å². The van der Waals surface area contributed by atoms with Gasteiger partial charge < -0.3 is 15.2 Å². The number of halogens is 3. The third-order valence-electron chi connectivity index (χ3n) is 2.52. The molecule has 0 bridgehead atoms. The molecule has 21 heavy (non-hydrogen) atoms. The molecule has 0 aliphatic carbocycles. The highest BCUT2D eigenvalue weighted by Crippen LogP contribution is 2.14. The van der Waals surface area contributed by atoms with Crippen molar-refractivity contribution >= 4 is 12.1 Å². The molecule has 1 amide bonds. The average Bonchev–Trinajstić information content (AvgIpc) is 2.41. The van der Waals surface area contributed by atoms with Crippen LogP contribution in [0.4, 0.5) is 18.0 Å². The van der Waals surface area contributed by atoms with E-state index >= 15 is 0 Å². The van der Waals surface area contributed by atoms with Crippen LogP contribution in [0.3, 0.4) is 0 Å². The minimum Gasteiger partial charge on any atom is -0.480 e. The van der Waals surface area contributed by atoms with E-state index in [0.29, 0.717) is 6.42 Å². The summed E-state index contributed by atoms with van der Waals surface area (Å²) in [5.41, 5.74) is 0.856. The number of rotatable bonds is 6. The molecular formula is C13H14F3NO4. The first-order valence-electron chi connectivity index (χ1n) is 6.04. The number of aliphatic carboxylic acids is 1. The van der Waals surface area contributed by atoms with Gasteiger partial charge in [0.1, 0.15) is 6.04 Å². The number of carboxylic acid groups (broad SMARTS) is 1. The number of hydrogen-bond acceptors (Lipinski definition) is 3. The predicted octanol–water partition coefficient (Wildman–Crippen LogP) is 2.36. The maximum atomic E-state index is 11.9. The monoisotopic (exact) mass is 305 g/mol. The van der Waals surface area contributed by atoms with Gasteiger partial charge in [-0.15, -0.1) is 0 Å². The normalized spacial score (nSPS) is 12.5. The number of amides is 1. The van der Waals surface area contributed by atoms with Crippen LogP contribution in [0.2, 0.25) is 0 Å². The number of carbonyl (C=O) groups excluding carboxylic acids is 1. The van der Waals surface area contributed by atoms with Crippen molar-refractivity contribution in [1.82, 2.24) is 5.32 Å². The van der Waals surface area contributed by atoms with Crippen molar-refractivity contribution in [3.63, 3.8) is 0 Å². The Kier molecular flexibility index (Phi) is 6.01. The van der Waals surface area contributed by atoms with Crippen LogP contribution >= 0.6 is 0 Å². The van der Waals surface area contributed by atoms with Crippen LogP contribution < -0.4 is 5.32 Å². The number of hydrogen-bond donors (Lipinski definition) is 2. The van der Waals surface area contributed by atoms with Gasteiger partial charge in [-0.2, -0.15) is 13.2 Å². The number of nitrogens with one attached hydrogen (secondary N) is 1. The highest BCUT2D eigenvalue weighted by Gasteiger charge is 2.30. The van der Waals surface area contributed by atoms with Crippen LogP contribution in [-0.4, -0.2) is 36.0 Å². The molecule has 1 unspecified atom stereocenters. The van der Waals surface area contributed by atoms with Gasteiger partial charge in [0.25, 0.3) is 0 Å². The molecule has 0 saturated heterocycles. The number of alkyl carbamates (subject to hydrolysis) is 1. The molecule has 0 heterocycles. The number of carbonyl (C=O) groups is 2. The van der Waals surface area contributed by atoms with Crippen LogP contribution in [0.15, 0.2) is 30.3 Å². The Hall–Kier alpha value is -2.25. The predicted molar refractivity (Wildman–Crippen MR) is 66.7 cm³/mol. The first-order chi connectivity index (χ1) is 9.78. The van der Waals surface area contributed by atoms with Crippen LogP contribution in [0.5, 0.6) is 0 Å². The molecule has 1 aromatic carbocycles. The molecule has 1 atom stereocenters. The molecule has 0 aliphatic rings. The van der Waals surface area contributed by atoms with E-state index in [9.17, 15) is 22.8 Å². The molecule has 1 rings (SSSR count). The third kappa shape index (κ3) is 7.19. The van der Waals surface area contributed by atoms with Crippen molar-refractivity contribution in [2.24, 2.45) is 0 Å². The number of carboxylic acids is 1. The van der Waals surface area contributed by atoms with Crippen molar-refractivity contribution in [2.45, 2.75) is 25.1 Å². The second-order valence-electron chi connectivity index (χ2n) is 4.25. The largest absolute Gasteiger partial charge is 0.480 e. The molecule has 116 valence electrons. The summed E-state index contributed by atoms with van der Waals surface area (Å²) in [5, 5.41) is 10.8. The van der Waals surface area contributed by atoms with E-state index in [2.05, 4.69) is 4.74 Å². The molecule has 2 N–H and O–H groups in total. The highest BCUT2D eigenvalue weighted by molar-refractivity contribution is 5.79. The zero-order valence-electron chi connectivity index (χ0n) is 10.9. The molecule has 0 spiro atoms. The average molecular weight is 305 g/mol. The van der Waals surface area contributed by atoms with E-state index in [1.54, 1.807) is 30.3 Å². The van der Waals surface area contributed by atoms with Crippen LogP contribution in [-0.2, 0) is 16.0 Å². The van der Waals surface area contributed by atoms with Crippen LogP contribution in [0, 0.1) is 0 Å². The molecule has 0 aliphatic heterocycles. The highest BCUT2D eigenvalue weighted by atomic mass is 19.4. The van der Waals surface area contributed by atoms with Crippen molar-refractivity contribution in [3.8, 4) is 0 Å². The fraction of sp³-hybridized carbons (Fsp3) is 0.385. The summed E-state index contributed by atoms with van der Waals surface area (Å²) in [5.74, 6) is -1.34. The number of alkyl halides is 3. The molecule has 0 aromatic heterocycles. The second-order valence-corrected chi connectivity index (χ2v) is 4.25. The molecule has 0 radical (unpaired) electrons. The standard InChI is InChI=1S/C13H14F3NO4/c14-13(15,16)8-21-12(20)17-10(11(18)19)7-6-9-4-2-1-3-5-9/h1-5,10H,6-8H2,(H,17,20)(H,18,19). The van der Waals surface area contributed by atoms with E-state index in [1.807, 2.05) is 5.32 Å². The summed E-state index contributed by atoms with van der Waals surface area (Å²) in [6, 6.07) is 7.59. The fourth-order valence-corrected chi connectivity index (χ4v) is 1.54. The Bertz CT molecular complexity index is 476. The minimum atomic E-state index is -4.65. The zero-order valence-corrected chi connectivity index (χ0v) is 10.9. The third-order valence-corrected chi connectivity index (χ3v) is 2.52. The van der Waals surface area contributed by atoms with Gasteiger partial charge in [-0.25, -0.2) is 9.59 Å². The van der Waals surface area contributed by atoms with E-state index < -0.39 is 30.9 Å². The van der Waals surface area contributed by atoms with Crippen molar-refractivity contribution < 1.29 is 32.6 Å². The number of ether oxygens (including phenoxy) is 1. The Labute approximate surface area is 118 Å². The lowest BCUT2D eigenvalue weighted by molar-refractivity contribution is -0.160. The summed E-state index contributed by atoms with van der Waals surface area (Å²) in [6.07, 6.45) is -5.66. The van der Waals surface area contributed by atoms with E-state index in [4.69, 9.17) is 5.11 Å². The van der Waals surface area contributed by atoms with Gasteiger partial charge in [-0.1, -0.05) is 30.3 Å². The maximum Gasteiger partial charge on any atom is 0.422 e. The minimum absolute atomic E-state index is 0.0421. The lowest BCUT2D eigenvalue weighted by Gasteiger charge is -2.15. The SMILES string of the molecule is O=C(NC(CCc1ccccc1)C(=O)O)OCC(F)(F)F. The molecule has 1 aromatic rings. The first kappa shape index (κ1) is 16.8. The van der Waals surface area contributed by atoms with E-state index in [0.717, 1.165) is 5.56 Å². The Morgan fingerprint density at radius 2 is 1.86 bits per heavy atom. The van der Waals surface area contributed by atoms with Gasteiger partial charge in [0.2, 0.25) is 0 Å². The topological polar surface area (TPSA) is 75.6 Å². The van der Waals surface area contributed by atoms with Gasteiger partial charge in [-0.3, -0.25) is 0 Å². The van der Waals surface area contributed by atoms with E-state index in [-0.39, 0.29) is 6.42 Å². The van der Waals surface area contributed by atoms with Crippen LogP contribution in [0.25, 0.3) is 0 Å². The molecule has 8 heteroatoms. The van der Waals surface area contributed by atoms with Gasteiger partial charge in [-0.05, 0) is 18.4 Å². The fourth-order valence-electron chi connectivity index (χ4n) is 1.54. The second kappa shape index (κ2) is 7.51. The Morgan fingerprint density at radius 3 is 2.38 bits per heavy atom. The lowest BCUT2D eigenvalue weighted by atomic mass is 10.1. The van der Waals surface area contributed by atoms with Crippen LogP contribution in [0.1, 0.15) is 12.0 Å². The number of aryl methyl sites for hydroxylation is 1. The molecule has 0 fully saturated rings. The first-order valence-corrected chi connectivity index (χ1v) is 6.04. The molecular weight excluding hydrogens is 291 g/mol. The van der Waals surface area contributed by atoms with Crippen molar-refractivity contribution in [2.75, 3.05) is 6.61 Å². The Morgan fingerprint density at radius 1 is 1.24 bits per heavy atom. The smallest absolute Gasteiger partial charge is 0.422 e. The summed E-state index contributed by atoms with van der Waals surface area (Å²) >= 11 is 0. The quantitative estimate of drug-likeness (QED) is 0.846. The zero-order chi connectivity index (χ0) is 15.9. The Balaban J connectivity index is 2.46. The van der Waals surface area contributed by atoms with Gasteiger partial charge in [0.15, 0.2) is 6.61 Å². The summed E-state index contributed by atoms with van der Waals surface area (Å²) < 4.78 is 39.5.